The maximum Gasteiger partial charge on any atom is 0.301 e. The van der Waals surface area contributed by atoms with Crippen molar-refractivity contribution < 1.29 is 24.2 Å². The van der Waals surface area contributed by atoms with Gasteiger partial charge in [-0.3, -0.25) is 14.5 Å². The number of amides is 1. The van der Waals surface area contributed by atoms with Gasteiger partial charge in [-0.25, -0.2) is 4.98 Å². The molecule has 1 atom stereocenters. The van der Waals surface area contributed by atoms with E-state index >= 15 is 0 Å². The SMILES string of the molecule is CCCCCOc1ccc(C2C(=C(O)c3ccc(Cl)cc3)C(=O)C(=O)N2c2nccs2)cc1OCC. The first kappa shape index (κ1) is 25.7. The topological polar surface area (TPSA) is 89.0 Å². The number of aromatic nitrogens is 1. The molecule has 1 N–H and O–H groups in total. The monoisotopic (exact) mass is 526 g/mol. The average molecular weight is 527 g/mol. The molecule has 1 fully saturated rings. The molecule has 1 saturated heterocycles. The van der Waals surface area contributed by atoms with Gasteiger partial charge in [0.2, 0.25) is 0 Å². The molecule has 3 aromatic rings. The fourth-order valence-electron chi connectivity index (χ4n) is 4.06. The van der Waals surface area contributed by atoms with Gasteiger partial charge in [-0.2, -0.15) is 0 Å². The van der Waals surface area contributed by atoms with Crippen molar-refractivity contribution in [2.75, 3.05) is 18.1 Å². The number of aliphatic hydroxyl groups is 1. The van der Waals surface area contributed by atoms with E-state index in [1.807, 2.05) is 6.92 Å². The Balaban J connectivity index is 1.82. The number of Topliss-reactive ketones (excluding diaryl/α,β-unsaturated/α-hetero) is 1. The van der Waals surface area contributed by atoms with Gasteiger partial charge in [0, 0.05) is 22.2 Å². The largest absolute Gasteiger partial charge is 0.507 e. The fourth-order valence-corrected chi connectivity index (χ4v) is 4.85. The molecule has 36 heavy (non-hydrogen) atoms. The van der Waals surface area contributed by atoms with Crippen molar-refractivity contribution in [3.63, 3.8) is 0 Å². The Kier molecular flexibility index (Phi) is 8.28. The number of benzene rings is 2. The van der Waals surface area contributed by atoms with E-state index in [4.69, 9.17) is 21.1 Å². The number of anilines is 1. The van der Waals surface area contributed by atoms with Crippen molar-refractivity contribution in [1.29, 1.82) is 0 Å². The molecule has 9 heteroatoms. The number of thiazole rings is 1. The van der Waals surface area contributed by atoms with E-state index in [0.717, 1.165) is 19.3 Å². The van der Waals surface area contributed by atoms with Gasteiger partial charge >= 0.3 is 5.91 Å². The predicted octanol–water partition coefficient (Wildman–Crippen LogP) is 6.39. The van der Waals surface area contributed by atoms with Crippen LogP contribution >= 0.6 is 22.9 Å². The minimum absolute atomic E-state index is 0.0309. The third-order valence-corrected chi connectivity index (χ3v) is 6.80. The van der Waals surface area contributed by atoms with Crippen molar-refractivity contribution in [2.45, 2.75) is 39.2 Å². The number of carbonyl (C=O) groups excluding carboxylic acids is 2. The van der Waals surface area contributed by atoms with Crippen LogP contribution in [-0.2, 0) is 9.59 Å². The highest BCUT2D eigenvalue weighted by Gasteiger charge is 2.48. The van der Waals surface area contributed by atoms with Crippen molar-refractivity contribution in [2.24, 2.45) is 0 Å². The number of carbonyl (C=O) groups is 2. The first-order chi connectivity index (χ1) is 17.5. The number of aliphatic hydroxyl groups excluding tert-OH is 1. The summed E-state index contributed by atoms with van der Waals surface area (Å²) in [4.78, 5) is 32.0. The lowest BCUT2D eigenvalue weighted by molar-refractivity contribution is -0.132. The van der Waals surface area contributed by atoms with E-state index in [-0.39, 0.29) is 11.3 Å². The molecule has 1 aliphatic rings. The Morgan fingerprint density at radius 2 is 1.86 bits per heavy atom. The quantitative estimate of drug-likeness (QED) is 0.142. The number of rotatable bonds is 10. The van der Waals surface area contributed by atoms with Crippen molar-refractivity contribution in [3.05, 3.63) is 75.8 Å². The van der Waals surface area contributed by atoms with Crippen LogP contribution in [0.1, 0.15) is 50.3 Å². The van der Waals surface area contributed by atoms with E-state index in [1.165, 1.54) is 16.2 Å². The molecule has 1 amide bonds. The molecule has 7 nitrogen and oxygen atoms in total. The second-order valence-corrected chi connectivity index (χ2v) is 9.49. The maximum atomic E-state index is 13.2. The summed E-state index contributed by atoms with van der Waals surface area (Å²) < 4.78 is 11.8. The number of halogens is 1. The molecule has 0 aliphatic carbocycles. The lowest BCUT2D eigenvalue weighted by Gasteiger charge is -2.24. The van der Waals surface area contributed by atoms with E-state index in [1.54, 1.807) is 54.0 Å². The third kappa shape index (κ3) is 5.24. The molecule has 0 radical (unpaired) electrons. The molecule has 4 rings (SSSR count). The van der Waals surface area contributed by atoms with Crippen LogP contribution in [0.3, 0.4) is 0 Å². The number of unbranched alkanes of at least 4 members (excludes halogenated alkanes) is 2. The average Bonchev–Trinajstić information content (AvgIpc) is 3.49. The van der Waals surface area contributed by atoms with E-state index in [9.17, 15) is 14.7 Å². The molecular weight excluding hydrogens is 500 g/mol. The Morgan fingerprint density at radius 3 is 2.53 bits per heavy atom. The van der Waals surface area contributed by atoms with Gasteiger partial charge in [-0.05, 0) is 55.3 Å². The number of nitrogens with zero attached hydrogens (tertiary/aromatic N) is 2. The number of ketones is 1. The van der Waals surface area contributed by atoms with Gasteiger partial charge in [0.25, 0.3) is 5.78 Å². The minimum Gasteiger partial charge on any atom is -0.507 e. The van der Waals surface area contributed by atoms with Gasteiger partial charge in [-0.15, -0.1) is 11.3 Å². The normalized spacial score (nSPS) is 17.0. The van der Waals surface area contributed by atoms with Crippen molar-refractivity contribution in [3.8, 4) is 11.5 Å². The zero-order valence-corrected chi connectivity index (χ0v) is 21.6. The summed E-state index contributed by atoms with van der Waals surface area (Å²) in [6.07, 6.45) is 4.64. The van der Waals surface area contributed by atoms with E-state index in [2.05, 4.69) is 11.9 Å². The summed E-state index contributed by atoms with van der Waals surface area (Å²) in [6.45, 7) is 4.96. The number of hydrogen-bond acceptors (Lipinski definition) is 7. The Labute approximate surface area is 218 Å². The number of ether oxygens (including phenoxy) is 2. The Morgan fingerprint density at radius 1 is 1.08 bits per heavy atom. The molecule has 1 aromatic heterocycles. The summed E-state index contributed by atoms with van der Waals surface area (Å²) in [7, 11) is 0. The standard InChI is InChI=1S/C27H27ClN2O5S/c1-3-5-6-14-35-20-12-9-18(16-21(20)34-4-2)23-22(24(31)17-7-10-19(28)11-8-17)25(32)26(33)30(23)27-29-13-15-36-27/h7-13,15-16,23,31H,3-6,14H2,1-2H3. The van der Waals surface area contributed by atoms with Crippen LogP contribution in [0.2, 0.25) is 5.02 Å². The van der Waals surface area contributed by atoms with Crippen molar-refractivity contribution in [1.82, 2.24) is 4.98 Å². The molecule has 2 heterocycles. The summed E-state index contributed by atoms with van der Waals surface area (Å²) in [5, 5.41) is 13.8. The Bertz CT molecular complexity index is 1260. The van der Waals surface area contributed by atoms with Crippen LogP contribution in [0.25, 0.3) is 5.76 Å². The van der Waals surface area contributed by atoms with Crippen LogP contribution in [0.15, 0.2) is 59.6 Å². The summed E-state index contributed by atoms with van der Waals surface area (Å²) in [6, 6.07) is 10.8. The van der Waals surface area contributed by atoms with Crippen LogP contribution in [0.4, 0.5) is 5.13 Å². The molecule has 188 valence electrons. The van der Waals surface area contributed by atoms with Crippen LogP contribution in [-0.4, -0.2) is 35.0 Å². The molecule has 0 spiro atoms. The highest BCUT2D eigenvalue weighted by atomic mass is 35.5. The molecular formula is C27H27ClN2O5S. The van der Waals surface area contributed by atoms with Crippen LogP contribution in [0, 0.1) is 0 Å². The lowest BCUT2D eigenvalue weighted by atomic mass is 9.95. The second-order valence-electron chi connectivity index (χ2n) is 8.19. The fraction of sp³-hybridized carbons (Fsp3) is 0.296. The summed E-state index contributed by atoms with van der Waals surface area (Å²) in [5.41, 5.74) is 0.934. The van der Waals surface area contributed by atoms with Gasteiger partial charge in [0.1, 0.15) is 5.76 Å². The zero-order valence-electron chi connectivity index (χ0n) is 20.1. The first-order valence-corrected chi connectivity index (χ1v) is 13.1. The van der Waals surface area contributed by atoms with E-state index < -0.39 is 17.7 Å². The molecule has 0 bridgehead atoms. The predicted molar refractivity (Wildman–Crippen MR) is 141 cm³/mol. The molecule has 2 aromatic carbocycles. The van der Waals surface area contributed by atoms with E-state index in [0.29, 0.717) is 46.0 Å². The highest BCUT2D eigenvalue weighted by Crippen LogP contribution is 2.44. The summed E-state index contributed by atoms with van der Waals surface area (Å²) >= 11 is 7.23. The first-order valence-electron chi connectivity index (χ1n) is 11.8. The molecule has 0 saturated carbocycles. The molecule has 1 aliphatic heterocycles. The number of hydrogen-bond donors (Lipinski definition) is 1. The zero-order chi connectivity index (χ0) is 25.7. The van der Waals surface area contributed by atoms with Crippen molar-refractivity contribution >= 4 is 45.5 Å². The smallest absolute Gasteiger partial charge is 0.301 e. The van der Waals surface area contributed by atoms with Crippen LogP contribution in [0.5, 0.6) is 11.5 Å². The lowest BCUT2D eigenvalue weighted by Crippen LogP contribution is -2.29. The minimum atomic E-state index is -0.903. The highest BCUT2D eigenvalue weighted by molar-refractivity contribution is 7.14. The van der Waals surface area contributed by atoms with Gasteiger partial charge in [-0.1, -0.05) is 37.4 Å². The second kappa shape index (κ2) is 11.6. The van der Waals surface area contributed by atoms with Gasteiger partial charge < -0.3 is 14.6 Å². The van der Waals surface area contributed by atoms with Gasteiger partial charge in [0.05, 0.1) is 24.8 Å². The van der Waals surface area contributed by atoms with Gasteiger partial charge in [0.15, 0.2) is 16.6 Å². The summed E-state index contributed by atoms with van der Waals surface area (Å²) in [5.74, 6) is -0.751. The third-order valence-electron chi connectivity index (χ3n) is 5.78. The Hall–Kier alpha value is -3.36. The molecule has 1 unspecified atom stereocenters. The van der Waals surface area contributed by atoms with Crippen LogP contribution < -0.4 is 14.4 Å². The maximum absolute atomic E-state index is 13.2.